The van der Waals surface area contributed by atoms with E-state index in [1.807, 2.05) is 0 Å². The zero-order valence-corrected chi connectivity index (χ0v) is 16.3. The largest absolute Gasteiger partial charge is 0.462 e. The van der Waals surface area contributed by atoms with E-state index in [0.29, 0.717) is 0 Å². The molecular formula is C15H11BrClNO7S. The molecule has 0 atom stereocenters. The van der Waals surface area contributed by atoms with Crippen molar-refractivity contribution < 1.29 is 27.1 Å². The zero-order chi connectivity index (χ0) is 19.5. The van der Waals surface area contributed by atoms with Gasteiger partial charge in [-0.25, -0.2) is 4.79 Å². The summed E-state index contributed by atoms with van der Waals surface area (Å²) in [6.07, 6.45) is 0. The molecule has 2 aromatic carbocycles. The number of nitro groups is 1. The third-order valence-corrected chi connectivity index (χ3v) is 5.55. The molecule has 11 heteroatoms. The molecule has 138 valence electrons. The summed E-state index contributed by atoms with van der Waals surface area (Å²) in [4.78, 5) is 21.5. The van der Waals surface area contributed by atoms with E-state index in [4.69, 9.17) is 20.5 Å². The van der Waals surface area contributed by atoms with Crippen molar-refractivity contribution in [3.63, 3.8) is 0 Å². The molecule has 0 saturated heterocycles. The monoisotopic (exact) mass is 463 g/mol. The summed E-state index contributed by atoms with van der Waals surface area (Å²) in [5.74, 6) is -0.866. The molecule has 0 aliphatic rings. The quantitative estimate of drug-likeness (QED) is 0.275. The minimum Gasteiger partial charge on any atom is -0.462 e. The second kappa shape index (κ2) is 8.02. The summed E-state index contributed by atoms with van der Waals surface area (Å²) < 4.78 is 34.8. The highest BCUT2D eigenvalue weighted by Gasteiger charge is 2.23. The first-order valence-electron chi connectivity index (χ1n) is 7.01. The van der Waals surface area contributed by atoms with Crippen LogP contribution in [-0.2, 0) is 14.9 Å². The Kier molecular flexibility index (Phi) is 6.21. The molecule has 8 nitrogen and oxygen atoms in total. The molecule has 0 heterocycles. The SMILES string of the molecule is CCOC(=O)c1ccc(S(=O)(=O)Oc2ccc([N+](=O)[O-])cc2Cl)c(Br)c1. The number of esters is 1. The highest BCUT2D eigenvalue weighted by molar-refractivity contribution is 9.10. The average molecular weight is 465 g/mol. The molecule has 2 aromatic rings. The van der Waals surface area contributed by atoms with E-state index in [1.165, 1.54) is 18.2 Å². The summed E-state index contributed by atoms with van der Waals surface area (Å²) in [7, 11) is -4.31. The summed E-state index contributed by atoms with van der Waals surface area (Å²) in [6.45, 7) is 1.83. The number of nitrogens with zero attached hydrogens (tertiary/aromatic N) is 1. The van der Waals surface area contributed by atoms with Crippen LogP contribution in [0, 0.1) is 10.1 Å². The van der Waals surface area contributed by atoms with E-state index in [0.717, 1.165) is 18.2 Å². The van der Waals surface area contributed by atoms with Crippen molar-refractivity contribution >= 4 is 49.3 Å². The van der Waals surface area contributed by atoms with Gasteiger partial charge in [0.25, 0.3) is 5.69 Å². The fourth-order valence-electron chi connectivity index (χ4n) is 1.88. The van der Waals surface area contributed by atoms with Crippen LogP contribution >= 0.6 is 27.5 Å². The van der Waals surface area contributed by atoms with Gasteiger partial charge in [0.15, 0.2) is 5.75 Å². The van der Waals surface area contributed by atoms with Crippen molar-refractivity contribution in [1.29, 1.82) is 0 Å². The van der Waals surface area contributed by atoms with Crippen LogP contribution in [0.1, 0.15) is 17.3 Å². The van der Waals surface area contributed by atoms with E-state index in [-0.39, 0.29) is 38.0 Å². The molecular weight excluding hydrogens is 454 g/mol. The van der Waals surface area contributed by atoms with Gasteiger partial charge < -0.3 is 8.92 Å². The third-order valence-electron chi connectivity index (χ3n) is 3.04. The maximum absolute atomic E-state index is 12.4. The number of halogens is 2. The molecule has 0 saturated carbocycles. The molecule has 0 aliphatic heterocycles. The predicted octanol–water partition coefficient (Wildman–Crippen LogP) is 3.96. The van der Waals surface area contributed by atoms with Crippen LogP contribution in [0.4, 0.5) is 5.69 Å². The lowest BCUT2D eigenvalue weighted by atomic mass is 10.2. The van der Waals surface area contributed by atoms with Gasteiger partial charge >= 0.3 is 16.1 Å². The van der Waals surface area contributed by atoms with E-state index < -0.39 is 21.0 Å². The second-order valence-corrected chi connectivity index (χ2v) is 7.55. The number of benzene rings is 2. The summed E-state index contributed by atoms with van der Waals surface area (Å²) in [5, 5.41) is 10.5. The number of carbonyl (C=O) groups excluding carboxylic acids is 1. The Morgan fingerprint density at radius 1 is 1.27 bits per heavy atom. The molecule has 0 fully saturated rings. The molecule has 0 bridgehead atoms. The first-order chi connectivity index (χ1) is 12.2. The van der Waals surface area contributed by atoms with Crippen molar-refractivity contribution in [2.75, 3.05) is 6.61 Å². The lowest BCUT2D eigenvalue weighted by Crippen LogP contribution is -2.12. The van der Waals surface area contributed by atoms with Crippen molar-refractivity contribution in [3.05, 3.63) is 61.6 Å². The van der Waals surface area contributed by atoms with Crippen molar-refractivity contribution in [2.45, 2.75) is 11.8 Å². The van der Waals surface area contributed by atoms with Crippen LogP contribution in [0.2, 0.25) is 5.02 Å². The third kappa shape index (κ3) is 4.51. The molecule has 0 unspecified atom stereocenters. The lowest BCUT2D eigenvalue weighted by Gasteiger charge is -2.10. The van der Waals surface area contributed by atoms with Crippen molar-refractivity contribution in [2.24, 2.45) is 0 Å². The van der Waals surface area contributed by atoms with Gasteiger partial charge in [0, 0.05) is 16.6 Å². The minimum absolute atomic E-state index is 0.0843. The standard InChI is InChI=1S/C15H11BrClNO7S/c1-2-24-15(19)9-3-6-14(11(16)7-9)26(22,23)25-13-5-4-10(18(20)21)8-12(13)17/h3-8H,2H2,1H3. The molecule has 0 N–H and O–H groups in total. The normalized spacial score (nSPS) is 11.0. The Bertz CT molecular complexity index is 978. The molecule has 0 spiro atoms. The van der Waals surface area contributed by atoms with Crippen LogP contribution in [0.15, 0.2) is 45.8 Å². The Hall–Kier alpha value is -2.17. The van der Waals surface area contributed by atoms with E-state index in [2.05, 4.69) is 15.9 Å². The average Bonchev–Trinajstić information content (AvgIpc) is 2.56. The Morgan fingerprint density at radius 2 is 1.96 bits per heavy atom. The maximum Gasteiger partial charge on any atom is 0.340 e. The molecule has 0 amide bonds. The van der Waals surface area contributed by atoms with Gasteiger partial charge in [-0.2, -0.15) is 8.42 Å². The first kappa shape index (κ1) is 20.1. The molecule has 0 radical (unpaired) electrons. The van der Waals surface area contributed by atoms with Crippen molar-refractivity contribution in [3.8, 4) is 5.75 Å². The van der Waals surface area contributed by atoms with Crippen LogP contribution in [0.5, 0.6) is 5.75 Å². The smallest absolute Gasteiger partial charge is 0.340 e. The van der Waals surface area contributed by atoms with Crippen LogP contribution in [0.25, 0.3) is 0 Å². The minimum atomic E-state index is -4.31. The number of hydrogen-bond acceptors (Lipinski definition) is 7. The predicted molar refractivity (Wildman–Crippen MR) is 96.0 cm³/mol. The highest BCUT2D eigenvalue weighted by Crippen LogP contribution is 2.32. The van der Waals surface area contributed by atoms with E-state index >= 15 is 0 Å². The van der Waals surface area contributed by atoms with E-state index in [9.17, 15) is 23.3 Å². The summed E-state index contributed by atoms with van der Waals surface area (Å²) >= 11 is 8.92. The highest BCUT2D eigenvalue weighted by atomic mass is 79.9. The topological polar surface area (TPSA) is 113 Å². The number of non-ortho nitro benzene ring substituents is 1. The molecule has 26 heavy (non-hydrogen) atoms. The first-order valence-corrected chi connectivity index (χ1v) is 9.58. The van der Waals surface area contributed by atoms with Crippen LogP contribution in [-0.4, -0.2) is 25.9 Å². The van der Waals surface area contributed by atoms with Crippen molar-refractivity contribution in [1.82, 2.24) is 0 Å². The number of nitro benzene ring substituents is 1. The molecule has 0 aliphatic carbocycles. The fourth-order valence-corrected chi connectivity index (χ4v) is 4.12. The van der Waals surface area contributed by atoms with Gasteiger partial charge in [0.05, 0.1) is 22.1 Å². The van der Waals surface area contributed by atoms with Gasteiger partial charge in [-0.15, -0.1) is 0 Å². The van der Waals surface area contributed by atoms with Crippen LogP contribution < -0.4 is 4.18 Å². The zero-order valence-electron chi connectivity index (χ0n) is 13.1. The summed E-state index contributed by atoms with van der Waals surface area (Å²) in [6, 6.07) is 6.85. The Morgan fingerprint density at radius 3 is 2.50 bits per heavy atom. The number of hydrogen-bond donors (Lipinski definition) is 0. The Balaban J connectivity index is 2.33. The number of carbonyl (C=O) groups is 1. The van der Waals surface area contributed by atoms with Gasteiger partial charge in [0.1, 0.15) is 4.90 Å². The van der Waals surface area contributed by atoms with Gasteiger partial charge in [-0.3, -0.25) is 10.1 Å². The second-order valence-electron chi connectivity index (χ2n) is 4.77. The fraction of sp³-hybridized carbons (Fsp3) is 0.133. The Labute approximate surface area is 162 Å². The van der Waals surface area contributed by atoms with E-state index in [1.54, 1.807) is 6.92 Å². The molecule has 0 aromatic heterocycles. The number of ether oxygens (including phenoxy) is 1. The summed E-state index contributed by atoms with van der Waals surface area (Å²) in [5.41, 5.74) is -0.147. The number of rotatable bonds is 6. The molecule has 2 rings (SSSR count). The lowest BCUT2D eigenvalue weighted by molar-refractivity contribution is -0.384. The maximum atomic E-state index is 12.4. The van der Waals surface area contributed by atoms with Crippen LogP contribution in [0.3, 0.4) is 0 Å². The van der Waals surface area contributed by atoms with Gasteiger partial charge in [0.2, 0.25) is 0 Å². The van der Waals surface area contributed by atoms with Gasteiger partial charge in [-0.1, -0.05) is 11.6 Å². The van der Waals surface area contributed by atoms with Gasteiger partial charge in [-0.05, 0) is 47.1 Å².